The topological polar surface area (TPSA) is 157 Å². The molecule has 0 radical (unpaired) electrons. The molecule has 0 saturated carbocycles. The lowest BCUT2D eigenvalue weighted by Crippen LogP contribution is -2.65. The number of pyridine rings is 1. The maximum atomic E-state index is 13.6. The highest BCUT2D eigenvalue weighted by Crippen LogP contribution is 2.37. The van der Waals surface area contributed by atoms with Crippen LogP contribution < -0.4 is 0 Å². The van der Waals surface area contributed by atoms with Gasteiger partial charge < -0.3 is 33.3 Å². The number of esters is 4. The van der Waals surface area contributed by atoms with Crippen LogP contribution in [0.1, 0.15) is 63.7 Å². The molecule has 1 aromatic heterocycles. The van der Waals surface area contributed by atoms with Crippen molar-refractivity contribution < 1.29 is 56.5 Å². The van der Waals surface area contributed by atoms with Gasteiger partial charge in [-0.15, -0.1) is 0 Å². The van der Waals surface area contributed by atoms with Gasteiger partial charge in [-0.2, -0.15) is 0 Å². The van der Waals surface area contributed by atoms with Crippen molar-refractivity contribution in [2.24, 2.45) is 17.8 Å². The van der Waals surface area contributed by atoms with Crippen molar-refractivity contribution in [2.75, 3.05) is 14.1 Å². The second-order valence-electron chi connectivity index (χ2n) is 11.0. The fourth-order valence-electron chi connectivity index (χ4n) is 4.28. The number of aromatic nitrogens is 1. The van der Waals surface area contributed by atoms with E-state index in [9.17, 15) is 24.0 Å². The zero-order chi connectivity index (χ0) is 33.8. The largest absolute Gasteiger partial charge is 0.467 e. The summed E-state index contributed by atoms with van der Waals surface area (Å²) in [4.78, 5) is 69.9. The Morgan fingerprint density at radius 2 is 1.52 bits per heavy atom. The average Bonchev–Trinajstić information content (AvgIpc) is 3.31. The van der Waals surface area contributed by atoms with Gasteiger partial charge in [0.25, 0.3) is 5.91 Å². The molecule has 2 aliphatic heterocycles. The van der Waals surface area contributed by atoms with Crippen LogP contribution in [0.2, 0.25) is 0 Å². The van der Waals surface area contributed by atoms with Gasteiger partial charge in [0.2, 0.25) is 6.29 Å². The van der Waals surface area contributed by atoms with Crippen molar-refractivity contribution in [3.8, 4) is 0 Å². The first-order valence-corrected chi connectivity index (χ1v) is 13.7. The van der Waals surface area contributed by atoms with Crippen molar-refractivity contribution in [1.82, 2.24) is 9.88 Å². The monoisotopic (exact) mass is 595 g/mol. The van der Waals surface area contributed by atoms with E-state index in [0.717, 1.165) is 7.11 Å². The number of amides is 1. The fraction of sp³-hybridized carbons (Fsp3) is 0.655. The number of ether oxygens (including phenoxy) is 6. The summed E-state index contributed by atoms with van der Waals surface area (Å²) < 4.78 is 57.8. The number of hydrogen-bond acceptors (Lipinski definition) is 12. The number of likely N-dealkylation sites (N-methyl/N-ethyl adjacent to an activating group) is 1. The van der Waals surface area contributed by atoms with Gasteiger partial charge in [0.1, 0.15) is 6.10 Å². The van der Waals surface area contributed by atoms with Gasteiger partial charge in [0.15, 0.2) is 24.4 Å². The lowest BCUT2D eigenvalue weighted by molar-refractivity contribution is -0.309. The first kappa shape index (κ1) is 28.5. The Kier molecular flexibility index (Phi) is 9.55. The maximum absolute atomic E-state index is 13.6. The summed E-state index contributed by atoms with van der Waals surface area (Å²) in [6.45, 7) is 6.37. The third-order valence-electron chi connectivity index (χ3n) is 6.73. The quantitative estimate of drug-likeness (QED) is 0.287. The van der Waals surface area contributed by atoms with Crippen LogP contribution in [0.5, 0.6) is 0 Å². The number of carbonyl (C=O) groups is 5. The predicted octanol–water partition coefficient (Wildman–Crippen LogP) is 1.97. The molecule has 42 heavy (non-hydrogen) atoms. The van der Waals surface area contributed by atoms with Crippen molar-refractivity contribution in [2.45, 2.75) is 90.8 Å². The van der Waals surface area contributed by atoms with Crippen molar-refractivity contribution in [3.63, 3.8) is 0 Å². The molecule has 2 fully saturated rings. The molecule has 0 aliphatic carbocycles. The van der Waals surface area contributed by atoms with E-state index in [1.54, 1.807) is 12.1 Å². The zero-order valence-electron chi connectivity index (χ0n) is 27.7. The maximum Gasteiger partial charge on any atom is 0.339 e. The van der Waals surface area contributed by atoms with Gasteiger partial charge in [-0.25, -0.2) is 4.79 Å². The minimum Gasteiger partial charge on any atom is -0.467 e. The van der Waals surface area contributed by atoms with E-state index in [1.165, 1.54) is 53.9 Å². The molecule has 13 heteroatoms. The van der Waals surface area contributed by atoms with Crippen LogP contribution in [0.4, 0.5) is 0 Å². The summed E-state index contributed by atoms with van der Waals surface area (Å²) in [5.41, 5.74) is 0.428. The molecular weight excluding hydrogens is 552 g/mol. The SMILES string of the molecule is [2H]C([2H])([2H])N1C(=O)[C@H](O[C@@H]2O[C@H](C(=O)OC)[C@@H](OC(=O)C(C)C)[C@H](OC(=O)C(C)C)[C@H]2OC(=O)C(C)C)C[C@H]1c1cccnc1. The standard InChI is InChI=1S/C29H40N2O11/c1-14(2)25(33)39-20-21(40-26(34)15(3)4)23(41-27(35)16(5)6)29(42-22(20)28(36)37-8)38-19-12-18(31(7)24(19)32)17-10-9-11-30-13-17/h9-11,13-16,18-23,29H,12H2,1-8H3/t18-,19+,20-,21-,22-,23+,29+/m0/s1/i7D3. The molecule has 2 aliphatic rings. The molecule has 1 amide bonds. The van der Waals surface area contributed by atoms with Crippen molar-refractivity contribution in [1.29, 1.82) is 0 Å². The number of carbonyl (C=O) groups excluding carboxylic acids is 5. The van der Waals surface area contributed by atoms with E-state index < -0.39 is 97.4 Å². The Hall–Kier alpha value is -3.58. The Bertz CT molecular complexity index is 1240. The second-order valence-corrected chi connectivity index (χ2v) is 11.0. The van der Waals surface area contributed by atoms with Crippen LogP contribution in [0, 0.1) is 17.8 Å². The average molecular weight is 596 g/mol. The molecule has 2 saturated heterocycles. The molecule has 0 spiro atoms. The number of methoxy groups -OCH3 is 1. The minimum atomic E-state index is -2.87. The van der Waals surface area contributed by atoms with Gasteiger partial charge >= 0.3 is 23.9 Å². The number of nitrogens with zero attached hydrogens (tertiary/aromatic N) is 2. The van der Waals surface area contributed by atoms with Crippen LogP contribution in [0.25, 0.3) is 0 Å². The van der Waals surface area contributed by atoms with E-state index in [-0.39, 0.29) is 6.42 Å². The van der Waals surface area contributed by atoms with Crippen molar-refractivity contribution in [3.05, 3.63) is 30.1 Å². The third-order valence-corrected chi connectivity index (χ3v) is 6.73. The highest BCUT2D eigenvalue weighted by atomic mass is 16.7. The smallest absolute Gasteiger partial charge is 0.339 e. The molecular formula is C29H40N2O11. The fourth-order valence-corrected chi connectivity index (χ4v) is 4.28. The molecule has 3 rings (SSSR count). The van der Waals surface area contributed by atoms with Gasteiger partial charge in [-0.1, -0.05) is 47.6 Å². The van der Waals surface area contributed by atoms with Crippen LogP contribution in [0.3, 0.4) is 0 Å². The highest BCUT2D eigenvalue weighted by Gasteiger charge is 2.57. The lowest BCUT2D eigenvalue weighted by Gasteiger charge is -2.44. The molecule has 13 nitrogen and oxygen atoms in total. The number of likely N-dealkylation sites (tertiary alicyclic amines) is 1. The minimum absolute atomic E-state index is 0.182. The summed E-state index contributed by atoms with van der Waals surface area (Å²) in [5.74, 6) is -6.41. The first-order chi connectivity index (χ1) is 21.0. The zero-order valence-corrected chi connectivity index (χ0v) is 24.7. The first-order valence-electron chi connectivity index (χ1n) is 15.2. The Labute approximate surface area is 249 Å². The van der Waals surface area contributed by atoms with Gasteiger partial charge in [0.05, 0.1) is 30.9 Å². The normalized spacial score (nSPS) is 29.1. The molecule has 7 atom stereocenters. The summed E-state index contributed by atoms with van der Waals surface area (Å²) in [6.07, 6.45) is -7.26. The van der Waals surface area contributed by atoms with Crippen LogP contribution in [-0.4, -0.2) is 90.6 Å². The second kappa shape index (κ2) is 14.1. The Balaban J connectivity index is 2.11. The molecule has 232 valence electrons. The Morgan fingerprint density at radius 3 is 2.02 bits per heavy atom. The Morgan fingerprint density at radius 1 is 0.952 bits per heavy atom. The molecule has 0 unspecified atom stereocenters. The summed E-state index contributed by atoms with van der Waals surface area (Å²) >= 11 is 0. The lowest BCUT2D eigenvalue weighted by atomic mass is 9.97. The summed E-state index contributed by atoms with van der Waals surface area (Å²) in [7, 11) is 1.05. The van der Waals surface area contributed by atoms with Crippen LogP contribution in [0.15, 0.2) is 24.5 Å². The van der Waals surface area contributed by atoms with E-state index in [4.69, 9.17) is 32.5 Å². The van der Waals surface area contributed by atoms with E-state index in [0.29, 0.717) is 10.5 Å². The highest BCUT2D eigenvalue weighted by molar-refractivity contribution is 5.83. The van der Waals surface area contributed by atoms with Gasteiger partial charge in [-0.3, -0.25) is 24.2 Å². The van der Waals surface area contributed by atoms with Crippen molar-refractivity contribution >= 4 is 29.8 Å². The summed E-state index contributed by atoms with van der Waals surface area (Å²) in [6, 6.07) is 2.22. The van der Waals surface area contributed by atoms with Gasteiger partial charge in [-0.05, 0) is 11.6 Å². The summed E-state index contributed by atoms with van der Waals surface area (Å²) in [5, 5.41) is 0. The predicted molar refractivity (Wildman–Crippen MR) is 144 cm³/mol. The van der Waals surface area contributed by atoms with Crippen LogP contribution in [-0.2, 0) is 52.4 Å². The molecule has 0 aromatic carbocycles. The number of hydrogen-bond donors (Lipinski definition) is 0. The van der Waals surface area contributed by atoms with Gasteiger partial charge in [0, 0.05) is 29.9 Å². The molecule has 0 N–H and O–H groups in total. The van der Waals surface area contributed by atoms with Crippen LogP contribution >= 0.6 is 0 Å². The molecule has 1 aromatic rings. The molecule has 3 heterocycles. The van der Waals surface area contributed by atoms with E-state index in [2.05, 4.69) is 4.98 Å². The number of rotatable bonds is 10. The van der Waals surface area contributed by atoms with E-state index in [1.807, 2.05) is 0 Å². The van der Waals surface area contributed by atoms with E-state index >= 15 is 0 Å². The molecule has 0 bridgehead atoms. The third kappa shape index (κ3) is 7.43.